The maximum atomic E-state index is 12.6. The van der Waals surface area contributed by atoms with E-state index in [9.17, 15) is 18.0 Å². The average Bonchev–Trinajstić information content (AvgIpc) is 2.45. The summed E-state index contributed by atoms with van der Waals surface area (Å²) in [6.07, 6.45) is 0.690. The van der Waals surface area contributed by atoms with E-state index in [1.807, 2.05) is 0 Å². The zero-order chi connectivity index (χ0) is 14.6. The summed E-state index contributed by atoms with van der Waals surface area (Å²) in [7, 11) is 0. The number of carbonyl (C=O) groups is 1. The number of nitrogens with zero attached hydrogens (tertiary/aromatic N) is 1. The van der Waals surface area contributed by atoms with Crippen molar-refractivity contribution in [1.82, 2.24) is 4.98 Å². The van der Waals surface area contributed by atoms with Crippen LogP contribution in [0.25, 0.3) is 11.6 Å². The van der Waals surface area contributed by atoms with E-state index < -0.39 is 11.7 Å². The molecule has 2 aromatic rings. The summed E-state index contributed by atoms with van der Waals surface area (Å²) in [5.41, 5.74) is 0.253. The van der Waals surface area contributed by atoms with Gasteiger partial charge in [0.15, 0.2) is 6.29 Å². The molecular formula is C15H10F3NO. The highest BCUT2D eigenvalue weighted by Gasteiger charge is 2.30. The van der Waals surface area contributed by atoms with E-state index in [0.29, 0.717) is 11.8 Å². The Kier molecular flexibility index (Phi) is 3.98. The molecule has 2 rings (SSSR count). The maximum absolute atomic E-state index is 12.6. The zero-order valence-corrected chi connectivity index (χ0v) is 10.3. The number of benzene rings is 1. The van der Waals surface area contributed by atoms with Crippen LogP contribution in [0.1, 0.15) is 16.7 Å². The van der Waals surface area contributed by atoms with Crippen LogP contribution in [0.2, 0.25) is 0 Å². The molecule has 1 aromatic heterocycles. The number of pyridine rings is 1. The van der Waals surface area contributed by atoms with Gasteiger partial charge in [-0.3, -0.25) is 9.78 Å². The summed E-state index contributed by atoms with van der Waals surface area (Å²) in [4.78, 5) is 15.0. The van der Waals surface area contributed by atoms with Gasteiger partial charge in [0.25, 0.3) is 0 Å². The summed E-state index contributed by atoms with van der Waals surface area (Å²) in [6.45, 7) is 0. The topological polar surface area (TPSA) is 30.0 Å². The number of aldehydes is 1. The quantitative estimate of drug-likeness (QED) is 0.630. The summed E-state index contributed by atoms with van der Waals surface area (Å²) < 4.78 is 37.9. The van der Waals surface area contributed by atoms with Crippen molar-refractivity contribution in [1.29, 1.82) is 0 Å². The number of hydrogen-bond acceptors (Lipinski definition) is 2. The molecule has 0 saturated heterocycles. The summed E-state index contributed by atoms with van der Waals surface area (Å²) in [5.74, 6) is 0. The fraction of sp³-hybridized carbons (Fsp3) is 0.0667. The van der Waals surface area contributed by atoms with Crippen molar-refractivity contribution in [2.45, 2.75) is 6.18 Å². The number of carbonyl (C=O) groups excluding carboxylic acids is 1. The van der Waals surface area contributed by atoms with Crippen LogP contribution in [0.15, 0.2) is 48.8 Å². The molecule has 1 aromatic carbocycles. The highest BCUT2D eigenvalue weighted by Crippen LogP contribution is 2.31. The molecule has 2 nitrogen and oxygen atoms in total. The number of hydrogen-bond donors (Lipinski definition) is 0. The second kappa shape index (κ2) is 5.69. The van der Waals surface area contributed by atoms with Gasteiger partial charge >= 0.3 is 6.18 Å². The molecule has 0 aliphatic heterocycles. The van der Waals surface area contributed by atoms with Crippen molar-refractivity contribution in [2.75, 3.05) is 0 Å². The molecule has 1 heterocycles. The number of aromatic nitrogens is 1. The number of allylic oxidation sites excluding steroid dienone is 1. The molecule has 0 unspecified atom stereocenters. The normalized spacial score (nSPS) is 12.2. The Morgan fingerprint density at radius 3 is 2.55 bits per heavy atom. The van der Waals surface area contributed by atoms with Gasteiger partial charge in [0.1, 0.15) is 0 Å². The second-order valence-electron chi connectivity index (χ2n) is 4.08. The first-order chi connectivity index (χ1) is 9.50. The van der Waals surface area contributed by atoms with Crippen LogP contribution in [-0.4, -0.2) is 11.3 Å². The van der Waals surface area contributed by atoms with Crippen LogP contribution >= 0.6 is 0 Å². The molecule has 102 valence electrons. The van der Waals surface area contributed by atoms with Crippen molar-refractivity contribution in [3.8, 4) is 0 Å². The van der Waals surface area contributed by atoms with E-state index in [1.54, 1.807) is 18.3 Å². The third-order valence-corrected chi connectivity index (χ3v) is 2.66. The Labute approximate surface area is 113 Å². The molecule has 0 spiro atoms. The van der Waals surface area contributed by atoms with Crippen LogP contribution in [0.4, 0.5) is 13.2 Å². The van der Waals surface area contributed by atoms with Crippen LogP contribution < -0.4 is 0 Å². The Hall–Kier alpha value is -2.43. The van der Waals surface area contributed by atoms with E-state index in [2.05, 4.69) is 4.98 Å². The first kappa shape index (κ1) is 14.0. The molecule has 0 radical (unpaired) electrons. The van der Waals surface area contributed by atoms with Gasteiger partial charge in [-0.05, 0) is 35.4 Å². The van der Waals surface area contributed by atoms with Crippen LogP contribution in [0.3, 0.4) is 0 Å². The largest absolute Gasteiger partial charge is 0.416 e. The number of rotatable bonds is 3. The lowest BCUT2D eigenvalue weighted by Crippen LogP contribution is -2.05. The minimum Gasteiger partial charge on any atom is -0.298 e. The number of halogens is 3. The Morgan fingerprint density at radius 2 is 1.95 bits per heavy atom. The lowest BCUT2D eigenvalue weighted by Gasteiger charge is -2.08. The molecule has 0 bridgehead atoms. The maximum Gasteiger partial charge on any atom is 0.416 e. The molecular weight excluding hydrogens is 267 g/mol. The van der Waals surface area contributed by atoms with E-state index in [1.165, 1.54) is 24.4 Å². The van der Waals surface area contributed by atoms with E-state index >= 15 is 0 Å². The van der Waals surface area contributed by atoms with Crippen molar-refractivity contribution >= 4 is 17.9 Å². The van der Waals surface area contributed by atoms with E-state index in [4.69, 9.17) is 0 Å². The average molecular weight is 277 g/mol. The molecule has 0 saturated carbocycles. The van der Waals surface area contributed by atoms with Crippen LogP contribution in [0.5, 0.6) is 0 Å². The first-order valence-electron chi connectivity index (χ1n) is 5.75. The zero-order valence-electron chi connectivity index (χ0n) is 10.3. The van der Waals surface area contributed by atoms with Crippen LogP contribution in [-0.2, 0) is 11.0 Å². The smallest absolute Gasteiger partial charge is 0.298 e. The molecule has 0 amide bonds. The highest BCUT2D eigenvalue weighted by molar-refractivity contribution is 6.13. The van der Waals surface area contributed by atoms with E-state index in [-0.39, 0.29) is 11.1 Å². The Bertz CT molecular complexity index is 633. The summed E-state index contributed by atoms with van der Waals surface area (Å²) in [6, 6.07) is 8.06. The predicted octanol–water partition coefficient (Wildman–Crippen LogP) is 3.84. The van der Waals surface area contributed by atoms with Gasteiger partial charge in [0.05, 0.1) is 5.56 Å². The predicted molar refractivity (Wildman–Crippen MR) is 69.6 cm³/mol. The molecule has 0 aliphatic rings. The third-order valence-electron chi connectivity index (χ3n) is 2.66. The molecule has 20 heavy (non-hydrogen) atoms. The van der Waals surface area contributed by atoms with Gasteiger partial charge < -0.3 is 0 Å². The van der Waals surface area contributed by atoms with Gasteiger partial charge in [0, 0.05) is 18.0 Å². The lowest BCUT2D eigenvalue weighted by atomic mass is 10.0. The second-order valence-corrected chi connectivity index (χ2v) is 4.08. The molecule has 0 aliphatic carbocycles. The SMILES string of the molecule is O=C/C(=C\c1cccnc1)c1cccc(C(F)(F)F)c1. The van der Waals surface area contributed by atoms with Gasteiger partial charge in [-0.15, -0.1) is 0 Å². The minimum absolute atomic E-state index is 0.170. The molecule has 5 heteroatoms. The molecule has 0 N–H and O–H groups in total. The fourth-order valence-electron chi connectivity index (χ4n) is 1.70. The van der Waals surface area contributed by atoms with Gasteiger partial charge in [-0.2, -0.15) is 13.2 Å². The van der Waals surface area contributed by atoms with Crippen molar-refractivity contribution < 1.29 is 18.0 Å². The molecule has 0 atom stereocenters. The fourth-order valence-corrected chi connectivity index (χ4v) is 1.70. The summed E-state index contributed by atoms with van der Waals surface area (Å²) >= 11 is 0. The standard InChI is InChI=1S/C15H10F3NO/c16-15(17,18)14-5-1-4-12(8-14)13(10-20)7-11-3-2-6-19-9-11/h1-10H/b13-7+. The lowest BCUT2D eigenvalue weighted by molar-refractivity contribution is -0.137. The van der Waals surface area contributed by atoms with Crippen molar-refractivity contribution in [2.24, 2.45) is 0 Å². The summed E-state index contributed by atoms with van der Waals surface area (Å²) in [5, 5.41) is 0. The third kappa shape index (κ3) is 3.32. The monoisotopic (exact) mass is 277 g/mol. The van der Waals surface area contributed by atoms with Gasteiger partial charge in [-0.25, -0.2) is 0 Å². The first-order valence-corrected chi connectivity index (χ1v) is 5.75. The van der Waals surface area contributed by atoms with E-state index in [0.717, 1.165) is 12.1 Å². The van der Waals surface area contributed by atoms with Crippen molar-refractivity contribution in [3.05, 3.63) is 65.5 Å². The Balaban J connectivity index is 2.43. The minimum atomic E-state index is -4.43. The Morgan fingerprint density at radius 1 is 1.15 bits per heavy atom. The van der Waals surface area contributed by atoms with Gasteiger partial charge in [0.2, 0.25) is 0 Å². The molecule has 0 fully saturated rings. The number of alkyl halides is 3. The van der Waals surface area contributed by atoms with Gasteiger partial charge in [-0.1, -0.05) is 18.2 Å². The van der Waals surface area contributed by atoms with Crippen LogP contribution in [0, 0.1) is 0 Å². The van der Waals surface area contributed by atoms with Crippen molar-refractivity contribution in [3.63, 3.8) is 0 Å². The highest BCUT2D eigenvalue weighted by atomic mass is 19.4.